The monoisotopic (exact) mass is 429 g/mol. The van der Waals surface area contributed by atoms with Gasteiger partial charge in [0.15, 0.2) is 19.0 Å². The van der Waals surface area contributed by atoms with Crippen LogP contribution in [-0.2, 0) is 14.3 Å². The molecule has 0 saturated carbocycles. The van der Waals surface area contributed by atoms with E-state index in [1.807, 2.05) is 5.43 Å². The molecule has 0 aliphatic heterocycles. The number of rotatable bonds is 9. The van der Waals surface area contributed by atoms with Crippen molar-refractivity contribution in [3.05, 3.63) is 69.8 Å². The first-order valence-corrected chi connectivity index (χ1v) is 9.05. The van der Waals surface area contributed by atoms with E-state index in [-0.39, 0.29) is 17.0 Å². The molecule has 0 bridgehead atoms. The lowest BCUT2D eigenvalue weighted by Crippen LogP contribution is -2.43. The minimum atomic E-state index is -0.814. The van der Waals surface area contributed by atoms with E-state index in [9.17, 15) is 29.3 Å². The lowest BCUT2D eigenvalue weighted by atomic mass is 10.1. The summed E-state index contributed by atoms with van der Waals surface area (Å²) in [5.74, 6) is -1.98. The number of benzene rings is 2. The second kappa shape index (κ2) is 11.0. The molecule has 2 rings (SSSR count). The summed E-state index contributed by atoms with van der Waals surface area (Å²) >= 11 is 0. The number of ketones is 1. The van der Waals surface area contributed by atoms with Crippen LogP contribution in [0.1, 0.15) is 34.1 Å². The summed E-state index contributed by atoms with van der Waals surface area (Å²) in [6, 6.07) is 11.0. The molecule has 162 valence electrons. The fraction of sp³-hybridized carbons (Fsp3) is 0.200. The third-order valence-corrected chi connectivity index (χ3v) is 3.87. The van der Waals surface area contributed by atoms with Gasteiger partial charge in [-0.25, -0.2) is 4.79 Å². The van der Waals surface area contributed by atoms with E-state index in [1.165, 1.54) is 24.3 Å². The molecule has 0 aliphatic rings. The summed E-state index contributed by atoms with van der Waals surface area (Å²) in [5.41, 5.74) is 4.58. The number of hydrazine groups is 1. The van der Waals surface area contributed by atoms with Crippen molar-refractivity contribution in [3.8, 4) is 5.75 Å². The van der Waals surface area contributed by atoms with Crippen LogP contribution in [0.15, 0.2) is 48.5 Å². The first-order chi connectivity index (χ1) is 14.8. The van der Waals surface area contributed by atoms with E-state index < -0.39 is 35.9 Å². The third kappa shape index (κ3) is 7.24. The van der Waals surface area contributed by atoms with Gasteiger partial charge in [-0.2, -0.15) is 0 Å². The molecule has 2 aromatic rings. The van der Waals surface area contributed by atoms with Gasteiger partial charge in [0.2, 0.25) is 0 Å². The van der Waals surface area contributed by atoms with E-state index in [0.29, 0.717) is 17.7 Å². The molecule has 0 radical (unpaired) electrons. The first-order valence-electron chi connectivity index (χ1n) is 9.05. The normalized spacial score (nSPS) is 9.97. The highest BCUT2D eigenvalue weighted by atomic mass is 16.6. The number of nitro benzene ring substituents is 1. The number of hydrogen-bond acceptors (Lipinski definition) is 8. The molecule has 11 heteroatoms. The maximum atomic E-state index is 11.9. The number of carbonyl (C=O) groups excluding carboxylic acids is 4. The second-order valence-corrected chi connectivity index (χ2v) is 6.06. The van der Waals surface area contributed by atoms with Crippen LogP contribution in [0.25, 0.3) is 0 Å². The Labute approximate surface area is 176 Å². The van der Waals surface area contributed by atoms with Crippen LogP contribution in [0.4, 0.5) is 5.69 Å². The summed E-state index contributed by atoms with van der Waals surface area (Å²) in [7, 11) is 0. The van der Waals surface area contributed by atoms with Gasteiger partial charge in [-0.1, -0.05) is 6.92 Å². The third-order valence-electron chi connectivity index (χ3n) is 3.87. The summed E-state index contributed by atoms with van der Waals surface area (Å²) < 4.78 is 9.94. The Hall–Kier alpha value is -4.28. The summed E-state index contributed by atoms with van der Waals surface area (Å²) in [4.78, 5) is 56.7. The highest BCUT2D eigenvalue weighted by Gasteiger charge is 2.12. The molecular formula is C20H19N3O8. The first kappa shape index (κ1) is 23.0. The molecule has 31 heavy (non-hydrogen) atoms. The Morgan fingerprint density at radius 2 is 1.52 bits per heavy atom. The number of carbonyl (C=O) groups is 4. The molecule has 0 spiro atoms. The quantitative estimate of drug-likeness (QED) is 0.263. The Kier molecular flexibility index (Phi) is 8.20. The molecule has 0 saturated heterocycles. The lowest BCUT2D eigenvalue weighted by molar-refractivity contribution is -0.384. The Balaban J connectivity index is 1.69. The average Bonchev–Trinajstić information content (AvgIpc) is 2.79. The van der Waals surface area contributed by atoms with E-state index in [4.69, 9.17) is 9.47 Å². The Morgan fingerprint density at radius 3 is 2.10 bits per heavy atom. The van der Waals surface area contributed by atoms with Crippen molar-refractivity contribution in [2.45, 2.75) is 13.3 Å². The van der Waals surface area contributed by atoms with Crippen molar-refractivity contribution in [1.82, 2.24) is 10.9 Å². The van der Waals surface area contributed by atoms with Crippen LogP contribution in [0, 0.1) is 10.1 Å². The fourth-order valence-corrected chi connectivity index (χ4v) is 2.24. The predicted molar refractivity (Wildman–Crippen MR) is 106 cm³/mol. The molecule has 0 atom stereocenters. The molecule has 2 N–H and O–H groups in total. The van der Waals surface area contributed by atoms with Gasteiger partial charge in [0.1, 0.15) is 5.75 Å². The van der Waals surface area contributed by atoms with Gasteiger partial charge in [-0.3, -0.25) is 35.3 Å². The van der Waals surface area contributed by atoms with Crippen molar-refractivity contribution in [3.63, 3.8) is 0 Å². The second-order valence-electron chi connectivity index (χ2n) is 6.06. The van der Waals surface area contributed by atoms with E-state index >= 15 is 0 Å². The largest absolute Gasteiger partial charge is 0.482 e. The number of non-ortho nitro benzene ring substituents is 1. The molecule has 0 unspecified atom stereocenters. The number of amides is 2. The van der Waals surface area contributed by atoms with E-state index in [2.05, 4.69) is 5.43 Å². The molecule has 0 heterocycles. The zero-order valence-electron chi connectivity index (χ0n) is 16.5. The van der Waals surface area contributed by atoms with Gasteiger partial charge in [0, 0.05) is 29.7 Å². The minimum absolute atomic E-state index is 0.0161. The van der Waals surface area contributed by atoms with Crippen LogP contribution >= 0.6 is 0 Å². The van der Waals surface area contributed by atoms with Gasteiger partial charge in [0.25, 0.3) is 17.5 Å². The molecule has 2 aromatic carbocycles. The van der Waals surface area contributed by atoms with Gasteiger partial charge < -0.3 is 9.47 Å². The van der Waals surface area contributed by atoms with Crippen LogP contribution in [-0.4, -0.2) is 41.7 Å². The molecule has 0 fully saturated rings. The molecular weight excluding hydrogens is 410 g/mol. The lowest BCUT2D eigenvalue weighted by Gasteiger charge is -2.09. The highest BCUT2D eigenvalue weighted by Crippen LogP contribution is 2.13. The summed E-state index contributed by atoms with van der Waals surface area (Å²) in [6.07, 6.45) is 0.378. The minimum Gasteiger partial charge on any atom is -0.482 e. The van der Waals surface area contributed by atoms with Crippen molar-refractivity contribution in [1.29, 1.82) is 0 Å². The van der Waals surface area contributed by atoms with Crippen LogP contribution < -0.4 is 15.6 Å². The zero-order chi connectivity index (χ0) is 22.8. The van der Waals surface area contributed by atoms with E-state index in [1.54, 1.807) is 19.1 Å². The predicted octanol–water partition coefficient (Wildman–Crippen LogP) is 1.57. The van der Waals surface area contributed by atoms with Crippen LogP contribution in [0.5, 0.6) is 5.75 Å². The molecule has 0 aromatic heterocycles. The van der Waals surface area contributed by atoms with Gasteiger partial charge in [0.05, 0.1) is 4.92 Å². The number of nitrogens with zero attached hydrogens (tertiary/aromatic N) is 1. The van der Waals surface area contributed by atoms with Crippen LogP contribution in [0.3, 0.4) is 0 Å². The number of esters is 1. The van der Waals surface area contributed by atoms with Gasteiger partial charge >= 0.3 is 5.97 Å². The van der Waals surface area contributed by atoms with E-state index in [0.717, 1.165) is 12.1 Å². The molecule has 11 nitrogen and oxygen atoms in total. The van der Waals surface area contributed by atoms with Crippen LogP contribution in [0.2, 0.25) is 0 Å². The highest BCUT2D eigenvalue weighted by molar-refractivity contribution is 5.96. The standard InChI is InChI=1S/C20H19N3O8/c1-2-17(24)13-5-9-16(10-6-13)30-12-19(26)31-11-18(25)21-22-20(27)14-3-7-15(8-4-14)23(28)29/h3-10H,2,11-12H2,1H3,(H,21,25)(H,22,27). The molecule has 2 amide bonds. The number of ether oxygens (including phenoxy) is 2. The summed E-state index contributed by atoms with van der Waals surface area (Å²) in [6.45, 7) is 0.635. The Bertz CT molecular complexity index is 971. The SMILES string of the molecule is CCC(=O)c1ccc(OCC(=O)OCC(=O)NNC(=O)c2ccc([N+](=O)[O-])cc2)cc1. The maximum absolute atomic E-state index is 11.9. The topological polar surface area (TPSA) is 154 Å². The maximum Gasteiger partial charge on any atom is 0.344 e. The number of nitrogens with one attached hydrogen (secondary N) is 2. The fourth-order valence-electron chi connectivity index (χ4n) is 2.24. The van der Waals surface area contributed by atoms with Crippen molar-refractivity contribution in [2.24, 2.45) is 0 Å². The zero-order valence-corrected chi connectivity index (χ0v) is 16.5. The summed E-state index contributed by atoms with van der Waals surface area (Å²) in [5, 5.41) is 10.6. The van der Waals surface area contributed by atoms with Crippen molar-refractivity contribution in [2.75, 3.05) is 13.2 Å². The van der Waals surface area contributed by atoms with Gasteiger partial charge in [-0.15, -0.1) is 0 Å². The van der Waals surface area contributed by atoms with Gasteiger partial charge in [-0.05, 0) is 36.4 Å². The molecule has 0 aliphatic carbocycles. The number of Topliss-reactive ketones (excluding diaryl/α,β-unsaturated/α-hetero) is 1. The smallest absolute Gasteiger partial charge is 0.344 e. The van der Waals surface area contributed by atoms with Crippen molar-refractivity contribution >= 4 is 29.3 Å². The van der Waals surface area contributed by atoms with Crippen molar-refractivity contribution < 1.29 is 33.6 Å². The number of nitro groups is 1. The Morgan fingerprint density at radius 1 is 0.903 bits per heavy atom. The average molecular weight is 429 g/mol. The number of hydrogen-bond donors (Lipinski definition) is 2.